The Balaban J connectivity index is 1.96. The van der Waals surface area contributed by atoms with Gasteiger partial charge >= 0.3 is 0 Å². The van der Waals surface area contributed by atoms with Crippen LogP contribution in [0.4, 0.5) is 5.69 Å². The van der Waals surface area contributed by atoms with E-state index in [0.717, 1.165) is 5.82 Å². The van der Waals surface area contributed by atoms with Crippen LogP contribution in [0.1, 0.15) is 5.82 Å². The highest BCUT2D eigenvalue weighted by molar-refractivity contribution is 7.99. The molecule has 0 atom stereocenters. The summed E-state index contributed by atoms with van der Waals surface area (Å²) < 4.78 is 7.02. The Labute approximate surface area is 143 Å². The van der Waals surface area contributed by atoms with Crippen molar-refractivity contribution in [2.24, 2.45) is 0 Å². The largest absolute Gasteiger partial charge is 0.495 e. The Hall–Kier alpha value is -1.99. The van der Waals surface area contributed by atoms with Crippen LogP contribution in [0.25, 0.3) is 0 Å². The zero-order valence-corrected chi connectivity index (χ0v) is 14.4. The van der Waals surface area contributed by atoms with Gasteiger partial charge in [0.05, 0.1) is 17.9 Å². The number of thioether (sulfide) groups is 1. The monoisotopic (exact) mass is 352 g/mol. The number of methoxy groups -OCH3 is 1. The number of ether oxygens (including phenoxy) is 1. The fourth-order valence-corrected chi connectivity index (χ4v) is 2.86. The minimum absolute atomic E-state index is 0.148. The average Bonchev–Trinajstić information content (AvgIpc) is 2.88. The first-order valence-corrected chi connectivity index (χ1v) is 8.18. The molecule has 23 heavy (non-hydrogen) atoms. The summed E-state index contributed by atoms with van der Waals surface area (Å²) >= 11 is 7.28. The molecular weight excluding hydrogens is 336 g/mol. The molecule has 1 heterocycles. The van der Waals surface area contributed by atoms with Crippen LogP contribution in [0.2, 0.25) is 5.02 Å². The molecule has 0 aliphatic carbocycles. The number of nitrogens with zero attached hydrogens (tertiary/aromatic N) is 3. The Kier molecular flexibility index (Phi) is 6.06. The van der Waals surface area contributed by atoms with E-state index in [1.54, 1.807) is 24.3 Å². The molecule has 0 saturated carbocycles. The van der Waals surface area contributed by atoms with Gasteiger partial charge in [0.2, 0.25) is 5.91 Å². The summed E-state index contributed by atoms with van der Waals surface area (Å²) in [6.45, 7) is 6.17. The van der Waals surface area contributed by atoms with E-state index in [0.29, 0.717) is 28.2 Å². The van der Waals surface area contributed by atoms with E-state index in [1.807, 2.05) is 11.5 Å². The molecule has 1 aromatic carbocycles. The fourth-order valence-electron chi connectivity index (χ4n) is 1.87. The van der Waals surface area contributed by atoms with Crippen molar-refractivity contribution in [3.8, 4) is 5.75 Å². The normalized spacial score (nSPS) is 10.4. The summed E-state index contributed by atoms with van der Waals surface area (Å²) in [6, 6.07) is 5.07. The quantitative estimate of drug-likeness (QED) is 0.612. The molecule has 0 bridgehead atoms. The van der Waals surface area contributed by atoms with Gasteiger partial charge in [0.1, 0.15) is 11.6 Å². The summed E-state index contributed by atoms with van der Waals surface area (Å²) in [5.74, 6) is 1.37. The first-order chi connectivity index (χ1) is 11.0. The molecule has 1 amide bonds. The minimum atomic E-state index is -0.148. The molecule has 0 aliphatic heterocycles. The Morgan fingerprint density at radius 1 is 1.52 bits per heavy atom. The molecule has 0 aliphatic rings. The second-order valence-electron chi connectivity index (χ2n) is 4.62. The van der Waals surface area contributed by atoms with Crippen molar-refractivity contribution in [2.75, 3.05) is 18.2 Å². The van der Waals surface area contributed by atoms with Crippen LogP contribution in [-0.2, 0) is 11.3 Å². The number of aryl methyl sites for hydroxylation is 1. The molecule has 2 aromatic rings. The van der Waals surface area contributed by atoms with E-state index >= 15 is 0 Å². The number of carbonyl (C=O) groups is 1. The van der Waals surface area contributed by atoms with Crippen molar-refractivity contribution >= 4 is 35.0 Å². The Morgan fingerprint density at radius 3 is 3.00 bits per heavy atom. The van der Waals surface area contributed by atoms with Crippen LogP contribution in [0.15, 0.2) is 36.0 Å². The van der Waals surface area contributed by atoms with Gasteiger partial charge in [-0.2, -0.15) is 0 Å². The van der Waals surface area contributed by atoms with Crippen molar-refractivity contribution < 1.29 is 9.53 Å². The Bertz CT molecular complexity index is 717. The predicted molar refractivity (Wildman–Crippen MR) is 92.3 cm³/mol. The number of allylic oxidation sites excluding steroid dienone is 1. The molecule has 0 fully saturated rings. The highest BCUT2D eigenvalue weighted by atomic mass is 35.5. The lowest BCUT2D eigenvalue weighted by atomic mass is 10.3. The molecule has 0 radical (unpaired) electrons. The summed E-state index contributed by atoms with van der Waals surface area (Å²) in [7, 11) is 1.53. The van der Waals surface area contributed by atoms with Gasteiger partial charge in [-0.05, 0) is 19.1 Å². The highest BCUT2D eigenvalue weighted by Gasteiger charge is 2.11. The topological polar surface area (TPSA) is 69.0 Å². The number of amides is 1. The SMILES string of the molecule is C=CCn1c(C)nnc1SCC(=O)Nc1ccc(Cl)c(OC)c1. The van der Waals surface area contributed by atoms with Crippen LogP contribution >= 0.6 is 23.4 Å². The molecular formula is C15H17ClN4O2S. The number of benzene rings is 1. The minimum Gasteiger partial charge on any atom is -0.495 e. The van der Waals surface area contributed by atoms with Crippen LogP contribution in [0.3, 0.4) is 0 Å². The third-order valence-corrected chi connectivity index (χ3v) is 4.26. The summed E-state index contributed by atoms with van der Waals surface area (Å²) in [4.78, 5) is 12.1. The van der Waals surface area contributed by atoms with Crippen molar-refractivity contribution in [2.45, 2.75) is 18.6 Å². The lowest BCUT2D eigenvalue weighted by molar-refractivity contribution is -0.113. The molecule has 0 saturated heterocycles. The predicted octanol–water partition coefficient (Wildman–Crippen LogP) is 3.17. The highest BCUT2D eigenvalue weighted by Crippen LogP contribution is 2.27. The molecule has 1 aromatic heterocycles. The molecule has 1 N–H and O–H groups in total. The molecule has 2 rings (SSSR count). The zero-order valence-electron chi connectivity index (χ0n) is 12.9. The van der Waals surface area contributed by atoms with Gasteiger partial charge in [0, 0.05) is 18.3 Å². The standard InChI is InChI=1S/C15H17ClN4O2S/c1-4-7-20-10(2)18-19-15(20)23-9-14(21)17-11-5-6-12(16)13(8-11)22-3/h4-6,8H,1,7,9H2,2-3H3,(H,17,21). The van der Waals surface area contributed by atoms with E-state index in [4.69, 9.17) is 16.3 Å². The maximum absolute atomic E-state index is 12.1. The first kappa shape index (κ1) is 17.4. The maximum Gasteiger partial charge on any atom is 0.234 e. The molecule has 8 heteroatoms. The number of nitrogens with one attached hydrogen (secondary N) is 1. The lowest BCUT2D eigenvalue weighted by Crippen LogP contribution is -2.14. The van der Waals surface area contributed by atoms with Crippen molar-refractivity contribution in [3.05, 3.63) is 41.7 Å². The van der Waals surface area contributed by atoms with Gasteiger partial charge < -0.3 is 14.6 Å². The van der Waals surface area contributed by atoms with Gasteiger partial charge in [0.25, 0.3) is 0 Å². The van der Waals surface area contributed by atoms with Crippen LogP contribution in [-0.4, -0.2) is 33.5 Å². The molecule has 122 valence electrons. The smallest absolute Gasteiger partial charge is 0.234 e. The van der Waals surface area contributed by atoms with Crippen LogP contribution in [0, 0.1) is 6.92 Å². The zero-order chi connectivity index (χ0) is 16.8. The van der Waals surface area contributed by atoms with Crippen LogP contribution < -0.4 is 10.1 Å². The van der Waals surface area contributed by atoms with Crippen molar-refractivity contribution in [1.82, 2.24) is 14.8 Å². The third kappa shape index (κ3) is 4.49. The average molecular weight is 353 g/mol. The molecule has 0 spiro atoms. The fraction of sp³-hybridized carbons (Fsp3) is 0.267. The summed E-state index contributed by atoms with van der Waals surface area (Å²) in [5.41, 5.74) is 0.626. The van der Waals surface area contributed by atoms with Gasteiger partial charge in [0.15, 0.2) is 5.16 Å². The number of carbonyl (C=O) groups excluding carboxylic acids is 1. The van der Waals surface area contributed by atoms with Gasteiger partial charge in [-0.15, -0.1) is 16.8 Å². The van der Waals surface area contributed by atoms with E-state index in [9.17, 15) is 4.79 Å². The third-order valence-electron chi connectivity index (χ3n) is 2.98. The molecule has 0 unspecified atom stereocenters. The number of anilines is 1. The summed E-state index contributed by atoms with van der Waals surface area (Å²) in [6.07, 6.45) is 1.76. The number of halogens is 1. The summed E-state index contributed by atoms with van der Waals surface area (Å²) in [5, 5.41) is 12.1. The first-order valence-electron chi connectivity index (χ1n) is 6.82. The van der Waals surface area contributed by atoms with E-state index < -0.39 is 0 Å². The van der Waals surface area contributed by atoms with Crippen molar-refractivity contribution in [3.63, 3.8) is 0 Å². The number of aromatic nitrogens is 3. The second kappa shape index (κ2) is 8.03. The van der Waals surface area contributed by atoms with Gasteiger partial charge in [-0.25, -0.2) is 0 Å². The number of rotatable bonds is 7. The van der Waals surface area contributed by atoms with E-state index in [-0.39, 0.29) is 11.7 Å². The number of hydrogen-bond acceptors (Lipinski definition) is 5. The van der Waals surface area contributed by atoms with E-state index in [2.05, 4.69) is 22.1 Å². The van der Waals surface area contributed by atoms with E-state index in [1.165, 1.54) is 18.9 Å². The maximum atomic E-state index is 12.1. The molecule has 6 nitrogen and oxygen atoms in total. The van der Waals surface area contributed by atoms with Gasteiger partial charge in [-0.3, -0.25) is 4.79 Å². The number of hydrogen-bond donors (Lipinski definition) is 1. The van der Waals surface area contributed by atoms with Crippen molar-refractivity contribution in [1.29, 1.82) is 0 Å². The Morgan fingerprint density at radius 2 is 2.30 bits per heavy atom. The van der Waals surface area contributed by atoms with Crippen LogP contribution in [0.5, 0.6) is 5.75 Å². The second-order valence-corrected chi connectivity index (χ2v) is 5.96. The lowest BCUT2D eigenvalue weighted by Gasteiger charge is -2.08. The van der Waals surface area contributed by atoms with Gasteiger partial charge in [-0.1, -0.05) is 29.4 Å².